The quantitative estimate of drug-likeness (QED) is 0.347. The third-order valence-electron chi connectivity index (χ3n) is 8.05. The van der Waals surface area contributed by atoms with Gasteiger partial charge in [-0.25, -0.2) is 22.8 Å². The van der Waals surface area contributed by atoms with Crippen LogP contribution < -0.4 is 14.4 Å². The first kappa shape index (κ1) is 29.9. The van der Waals surface area contributed by atoms with Crippen LogP contribution in [0.5, 0.6) is 5.88 Å². The molecule has 13 heteroatoms. The number of rotatable bonds is 9. The minimum atomic E-state index is -4.25. The van der Waals surface area contributed by atoms with Gasteiger partial charge in [0, 0.05) is 24.3 Å². The van der Waals surface area contributed by atoms with Gasteiger partial charge in [0.2, 0.25) is 5.88 Å². The number of amides is 1. The zero-order valence-corrected chi connectivity index (χ0v) is 24.7. The molecule has 3 heterocycles. The van der Waals surface area contributed by atoms with E-state index >= 15 is 0 Å². The molecule has 1 aliphatic heterocycles. The molecule has 1 saturated heterocycles. The van der Waals surface area contributed by atoms with E-state index in [1.165, 1.54) is 35.0 Å². The van der Waals surface area contributed by atoms with Crippen molar-refractivity contribution < 1.29 is 31.1 Å². The fraction of sp³-hybridized carbons (Fsp3) is 0.483. The maximum Gasteiger partial charge on any atom is 0.394 e. The molecule has 226 valence electrons. The molecule has 2 fully saturated rings. The summed E-state index contributed by atoms with van der Waals surface area (Å²) >= 11 is 0. The van der Waals surface area contributed by atoms with Crippen molar-refractivity contribution >= 4 is 21.7 Å². The Kier molecular flexibility index (Phi) is 7.53. The fourth-order valence-corrected chi connectivity index (χ4v) is 6.69. The van der Waals surface area contributed by atoms with Crippen LogP contribution in [0.3, 0.4) is 0 Å². The molecule has 5 rings (SSSR count). The number of pyridine rings is 1. The van der Waals surface area contributed by atoms with Gasteiger partial charge in [0.1, 0.15) is 5.82 Å². The van der Waals surface area contributed by atoms with Crippen LogP contribution in [0.25, 0.3) is 5.82 Å². The minimum absolute atomic E-state index is 0.0241. The van der Waals surface area contributed by atoms with Gasteiger partial charge in [0.15, 0.2) is 5.82 Å². The van der Waals surface area contributed by atoms with Crippen LogP contribution in [-0.4, -0.2) is 54.0 Å². The SMILES string of the molecule is Cc1cccc(S(=O)(=O)NC(=O)c2ccc(-n3ccc(OCCC4(C(F)(F)F)CC4)n3)nc2N2C[C@@H](C)CC2(C)C)c1. The van der Waals surface area contributed by atoms with Crippen molar-refractivity contribution in [2.24, 2.45) is 11.3 Å². The first-order chi connectivity index (χ1) is 19.6. The van der Waals surface area contributed by atoms with Crippen LogP contribution in [0, 0.1) is 18.3 Å². The Labute approximate surface area is 243 Å². The van der Waals surface area contributed by atoms with Crippen molar-refractivity contribution in [3.8, 4) is 11.7 Å². The van der Waals surface area contributed by atoms with E-state index in [2.05, 4.69) is 16.7 Å². The van der Waals surface area contributed by atoms with E-state index in [1.54, 1.807) is 25.3 Å². The third-order valence-corrected chi connectivity index (χ3v) is 9.37. The molecule has 0 unspecified atom stereocenters. The van der Waals surface area contributed by atoms with Gasteiger partial charge in [-0.3, -0.25) is 4.79 Å². The Hall–Kier alpha value is -3.61. The highest BCUT2D eigenvalue weighted by Crippen LogP contribution is 2.59. The Bertz CT molecular complexity index is 1600. The summed E-state index contributed by atoms with van der Waals surface area (Å²) in [6, 6.07) is 10.8. The van der Waals surface area contributed by atoms with Gasteiger partial charge in [-0.2, -0.15) is 13.2 Å². The van der Waals surface area contributed by atoms with Crippen molar-refractivity contribution in [3.05, 3.63) is 59.8 Å². The van der Waals surface area contributed by atoms with Crippen molar-refractivity contribution in [2.75, 3.05) is 18.1 Å². The number of hydrogen-bond acceptors (Lipinski definition) is 7. The van der Waals surface area contributed by atoms with Crippen LogP contribution in [0.1, 0.15) is 62.4 Å². The van der Waals surface area contributed by atoms with Crippen molar-refractivity contribution in [1.82, 2.24) is 19.5 Å². The van der Waals surface area contributed by atoms with Gasteiger partial charge in [0.25, 0.3) is 15.9 Å². The molecule has 1 N–H and O–H groups in total. The number of carbonyl (C=O) groups is 1. The molecule has 2 aliphatic rings. The molecule has 0 radical (unpaired) electrons. The Morgan fingerprint density at radius 1 is 1.17 bits per heavy atom. The monoisotopic (exact) mass is 605 g/mol. The van der Waals surface area contributed by atoms with E-state index in [4.69, 9.17) is 9.72 Å². The van der Waals surface area contributed by atoms with Crippen molar-refractivity contribution in [1.29, 1.82) is 0 Å². The molecule has 2 aromatic heterocycles. The smallest absolute Gasteiger partial charge is 0.394 e. The van der Waals surface area contributed by atoms with Crippen LogP contribution in [0.15, 0.2) is 53.6 Å². The maximum absolute atomic E-state index is 13.4. The lowest BCUT2D eigenvalue weighted by atomic mass is 9.97. The average molecular weight is 606 g/mol. The van der Waals surface area contributed by atoms with Gasteiger partial charge in [-0.05, 0) is 82.2 Å². The molecule has 0 spiro atoms. The van der Waals surface area contributed by atoms with Gasteiger partial charge < -0.3 is 9.64 Å². The summed E-state index contributed by atoms with van der Waals surface area (Å²) in [6.45, 7) is 8.39. The van der Waals surface area contributed by atoms with Gasteiger partial charge in [-0.1, -0.05) is 19.1 Å². The number of benzene rings is 1. The summed E-state index contributed by atoms with van der Waals surface area (Å²) in [5, 5.41) is 4.32. The summed E-state index contributed by atoms with van der Waals surface area (Å²) in [4.78, 5) is 20.1. The highest BCUT2D eigenvalue weighted by atomic mass is 32.2. The second-order valence-electron chi connectivity index (χ2n) is 12.0. The van der Waals surface area contributed by atoms with Crippen LogP contribution in [0.4, 0.5) is 19.0 Å². The van der Waals surface area contributed by atoms with E-state index in [9.17, 15) is 26.4 Å². The summed E-state index contributed by atoms with van der Waals surface area (Å²) in [6.07, 6.45) is -1.76. The highest BCUT2D eigenvalue weighted by Gasteiger charge is 2.62. The van der Waals surface area contributed by atoms with Crippen LogP contribution in [-0.2, 0) is 10.0 Å². The lowest BCUT2D eigenvalue weighted by Crippen LogP contribution is -2.41. The predicted molar refractivity (Wildman–Crippen MR) is 150 cm³/mol. The molecule has 1 atom stereocenters. The second-order valence-corrected chi connectivity index (χ2v) is 13.7. The molecule has 0 bridgehead atoms. The maximum atomic E-state index is 13.4. The number of hydrogen-bond donors (Lipinski definition) is 1. The lowest BCUT2D eigenvalue weighted by molar-refractivity contribution is -0.190. The van der Waals surface area contributed by atoms with Crippen LogP contribution in [0.2, 0.25) is 0 Å². The van der Waals surface area contributed by atoms with E-state index < -0.39 is 27.5 Å². The molecule has 3 aromatic rings. The number of ether oxygens (including phenoxy) is 1. The lowest BCUT2D eigenvalue weighted by Gasteiger charge is -2.34. The van der Waals surface area contributed by atoms with E-state index in [-0.39, 0.29) is 47.7 Å². The number of alkyl halides is 3. The van der Waals surface area contributed by atoms with Gasteiger partial charge in [-0.15, -0.1) is 5.10 Å². The van der Waals surface area contributed by atoms with E-state index in [0.717, 1.165) is 12.0 Å². The molecule has 9 nitrogen and oxygen atoms in total. The number of halogens is 3. The van der Waals surface area contributed by atoms with Crippen molar-refractivity contribution in [3.63, 3.8) is 0 Å². The first-order valence-electron chi connectivity index (χ1n) is 13.8. The van der Waals surface area contributed by atoms with Crippen LogP contribution >= 0.6 is 0 Å². The number of nitrogens with zero attached hydrogens (tertiary/aromatic N) is 4. The fourth-order valence-electron chi connectivity index (χ4n) is 5.62. The summed E-state index contributed by atoms with van der Waals surface area (Å²) < 4.78 is 74.8. The topological polar surface area (TPSA) is 106 Å². The highest BCUT2D eigenvalue weighted by molar-refractivity contribution is 7.90. The summed E-state index contributed by atoms with van der Waals surface area (Å²) in [5.41, 5.74) is -1.21. The normalized spacial score (nSPS) is 19.5. The first-order valence-corrected chi connectivity index (χ1v) is 15.3. The largest absolute Gasteiger partial charge is 0.477 e. The number of nitrogens with one attached hydrogen (secondary N) is 1. The predicted octanol–water partition coefficient (Wildman–Crippen LogP) is 5.43. The second kappa shape index (κ2) is 10.6. The van der Waals surface area contributed by atoms with E-state index in [0.29, 0.717) is 24.1 Å². The number of carbonyl (C=O) groups excluding carboxylic acids is 1. The Balaban J connectivity index is 1.41. The number of aryl methyl sites for hydroxylation is 1. The molecule has 1 aromatic carbocycles. The summed E-state index contributed by atoms with van der Waals surface area (Å²) in [7, 11) is -4.14. The number of sulfonamides is 1. The minimum Gasteiger partial charge on any atom is -0.477 e. The Morgan fingerprint density at radius 3 is 2.52 bits per heavy atom. The van der Waals surface area contributed by atoms with Crippen molar-refractivity contribution in [2.45, 2.75) is 70.0 Å². The molecule has 42 heavy (non-hydrogen) atoms. The molecule has 1 saturated carbocycles. The average Bonchev–Trinajstić information content (AvgIpc) is 3.46. The van der Waals surface area contributed by atoms with E-state index in [1.807, 2.05) is 18.7 Å². The molecule has 1 aliphatic carbocycles. The van der Waals surface area contributed by atoms with Gasteiger partial charge in [0.05, 0.1) is 22.5 Å². The molecular weight excluding hydrogens is 571 g/mol. The standard InChI is InChI=1S/C29H34F3N5O4S/c1-19-6-5-7-21(16-19)42(39,40)35-26(38)22-8-9-23(33-25(22)36-18-20(2)17-27(36,3)4)37-14-10-24(34-37)41-15-13-28(11-12-28)29(30,31)32/h5-10,14,16,20H,11-13,15,17-18H2,1-4H3,(H,35,38)/t20-/m0/s1. The number of anilines is 1. The number of aromatic nitrogens is 3. The third kappa shape index (κ3) is 5.97. The zero-order valence-electron chi connectivity index (χ0n) is 23.9. The zero-order chi connectivity index (χ0) is 30.5. The molecular formula is C29H34F3N5O4S. The van der Waals surface area contributed by atoms with Gasteiger partial charge >= 0.3 is 6.18 Å². The molecule has 1 amide bonds. The Morgan fingerprint density at radius 2 is 1.90 bits per heavy atom. The summed E-state index contributed by atoms with van der Waals surface area (Å²) in [5.74, 6) is 0.273.